The molecule has 1 amide bonds. The SMILES string of the molecule is CC.CC1(C)CCC(c2ccc(Cl)cc2)=C(CN2CCN(c3ccc(C(=O)NSc4ccc(NCCSc5ccccc5)c([N+](=O)[O-])c4)cc3)CC2)C1.CCN1CCN(C(C)C)CC1. The number of halogens is 1. The number of allylic oxidation sites excluding steroid dienone is 1. The molecule has 0 spiro atoms. The predicted octanol–water partition coefficient (Wildman–Crippen LogP) is 11.7. The Morgan fingerprint density at radius 3 is 2.12 bits per heavy atom. The van der Waals surface area contributed by atoms with E-state index in [0.717, 1.165) is 84.9 Å². The standard InChI is InChI=1S/C40H44ClN5O3S2.C9H20N2.C2H6/c1-40(2)19-18-36(29-8-12-32(41)13-9-29)31(27-40)28-44-21-23-45(24-22-44)33-14-10-30(11-15-33)39(47)43-51-35-16-17-37(38(26-35)46(48)49)42-20-25-50-34-6-4-3-5-7-34;1-4-10-5-7-11(8-6-10)9(2)3;1-2/h3-17,26,42H,18-25,27-28H2,1-2H3,(H,43,47);9H,4-8H2,1-3H3;1-2H3. The average molecular weight is 929 g/mol. The Morgan fingerprint density at radius 2 is 1.50 bits per heavy atom. The van der Waals surface area contributed by atoms with E-state index in [4.69, 9.17) is 11.6 Å². The fraction of sp³-hybridized carbons (Fsp3) is 0.471. The lowest BCUT2D eigenvalue weighted by atomic mass is 9.73. The topological polar surface area (TPSA) is 97.2 Å². The van der Waals surface area contributed by atoms with Crippen molar-refractivity contribution in [2.24, 2.45) is 5.41 Å². The lowest BCUT2D eigenvalue weighted by Crippen LogP contribution is -2.48. The molecule has 7 rings (SSSR count). The van der Waals surface area contributed by atoms with E-state index in [1.165, 1.54) is 56.3 Å². The minimum atomic E-state index is -0.399. The Kier molecular flexibility index (Phi) is 20.4. The zero-order chi connectivity index (χ0) is 46.1. The van der Waals surface area contributed by atoms with E-state index in [9.17, 15) is 14.9 Å². The fourth-order valence-electron chi connectivity index (χ4n) is 8.33. The van der Waals surface area contributed by atoms with Crippen LogP contribution in [0, 0.1) is 15.5 Å². The summed E-state index contributed by atoms with van der Waals surface area (Å²) in [4.78, 5) is 36.1. The summed E-state index contributed by atoms with van der Waals surface area (Å²) in [6.07, 6.45) is 3.40. The molecule has 2 saturated heterocycles. The van der Waals surface area contributed by atoms with Crippen LogP contribution in [0.3, 0.4) is 0 Å². The van der Waals surface area contributed by atoms with E-state index >= 15 is 0 Å². The van der Waals surface area contributed by atoms with Gasteiger partial charge in [0.2, 0.25) is 0 Å². The molecule has 3 aliphatic rings. The van der Waals surface area contributed by atoms with Crippen LogP contribution in [0.15, 0.2) is 112 Å². The van der Waals surface area contributed by atoms with Gasteiger partial charge in [-0.25, -0.2) is 0 Å². The third kappa shape index (κ3) is 15.6. The Morgan fingerprint density at radius 1 is 0.844 bits per heavy atom. The number of piperazine rings is 2. The van der Waals surface area contributed by atoms with Crippen molar-refractivity contribution in [1.29, 1.82) is 0 Å². The van der Waals surface area contributed by atoms with Gasteiger partial charge < -0.3 is 15.1 Å². The number of amides is 1. The molecule has 4 aromatic carbocycles. The van der Waals surface area contributed by atoms with Gasteiger partial charge in [-0.1, -0.05) is 82.1 Å². The van der Waals surface area contributed by atoms with Crippen LogP contribution in [0.4, 0.5) is 17.1 Å². The first kappa shape index (κ1) is 51.0. The molecule has 0 radical (unpaired) electrons. The number of carbonyl (C=O) groups is 1. The van der Waals surface area contributed by atoms with Gasteiger partial charge in [-0.3, -0.25) is 29.4 Å². The zero-order valence-corrected chi connectivity index (χ0v) is 41.5. The summed E-state index contributed by atoms with van der Waals surface area (Å²) in [7, 11) is 0. The highest BCUT2D eigenvalue weighted by Crippen LogP contribution is 2.43. The molecule has 2 N–H and O–H groups in total. The number of nitro groups is 1. The van der Waals surface area contributed by atoms with Gasteiger partial charge in [0, 0.05) is 109 Å². The van der Waals surface area contributed by atoms with Crippen LogP contribution in [0.25, 0.3) is 5.57 Å². The number of nitrogens with zero attached hydrogens (tertiary/aromatic N) is 5. The number of carbonyl (C=O) groups excluding carboxylic acids is 1. The average Bonchev–Trinajstić information content (AvgIpc) is 3.31. The monoisotopic (exact) mass is 927 g/mol. The fourth-order valence-corrected chi connectivity index (χ4v) is 9.88. The van der Waals surface area contributed by atoms with Crippen molar-refractivity contribution in [1.82, 2.24) is 19.4 Å². The smallest absolute Gasteiger partial charge is 0.293 e. The summed E-state index contributed by atoms with van der Waals surface area (Å²) in [6, 6.07) is 31.7. The molecule has 1 aliphatic carbocycles. The molecule has 2 fully saturated rings. The van der Waals surface area contributed by atoms with Gasteiger partial charge in [0.25, 0.3) is 11.6 Å². The maximum Gasteiger partial charge on any atom is 0.293 e. The third-order valence-electron chi connectivity index (χ3n) is 12.1. The number of thioether (sulfide) groups is 1. The molecule has 0 unspecified atom stereocenters. The van der Waals surface area contributed by atoms with E-state index in [-0.39, 0.29) is 11.6 Å². The zero-order valence-electron chi connectivity index (χ0n) is 39.1. The van der Waals surface area contributed by atoms with Crippen LogP contribution >= 0.6 is 35.3 Å². The van der Waals surface area contributed by atoms with Crippen molar-refractivity contribution in [2.75, 3.05) is 88.0 Å². The number of hydrogen-bond donors (Lipinski definition) is 2. The normalized spacial score (nSPS) is 16.9. The van der Waals surface area contributed by atoms with Crippen molar-refractivity contribution in [2.45, 2.75) is 83.6 Å². The van der Waals surface area contributed by atoms with E-state index in [1.807, 2.05) is 80.6 Å². The van der Waals surface area contributed by atoms with Crippen LogP contribution in [0.5, 0.6) is 0 Å². The Bertz CT molecular complexity index is 2090. The summed E-state index contributed by atoms with van der Waals surface area (Å²) in [6.45, 7) is 27.2. The lowest BCUT2D eigenvalue weighted by molar-refractivity contribution is -0.384. The molecule has 0 saturated carbocycles. The molecule has 0 atom stereocenters. The number of nitro benzene ring substituents is 1. The quantitative estimate of drug-likeness (QED) is 0.0394. The van der Waals surface area contributed by atoms with E-state index in [0.29, 0.717) is 28.1 Å². The first-order valence-electron chi connectivity index (χ1n) is 23.1. The number of likely N-dealkylation sites (N-methyl/N-ethyl adjacent to an activating group) is 1. The minimum absolute atomic E-state index is 0.0234. The van der Waals surface area contributed by atoms with Crippen LogP contribution in [-0.4, -0.2) is 109 Å². The molecule has 2 aliphatic heterocycles. The van der Waals surface area contributed by atoms with E-state index in [1.54, 1.807) is 29.5 Å². The molecule has 13 heteroatoms. The molecule has 4 aromatic rings. The summed E-state index contributed by atoms with van der Waals surface area (Å²) < 4.78 is 2.84. The molecule has 2 heterocycles. The van der Waals surface area contributed by atoms with Crippen LogP contribution < -0.4 is 14.9 Å². The number of rotatable bonds is 15. The van der Waals surface area contributed by atoms with Crippen LogP contribution in [0.1, 0.15) is 83.7 Å². The van der Waals surface area contributed by atoms with Gasteiger partial charge in [0.1, 0.15) is 5.69 Å². The molecule has 0 bridgehead atoms. The van der Waals surface area contributed by atoms with Crippen molar-refractivity contribution < 1.29 is 9.72 Å². The Hall–Kier alpha value is -4.04. The maximum absolute atomic E-state index is 13.0. The van der Waals surface area contributed by atoms with E-state index < -0.39 is 4.92 Å². The Balaban J connectivity index is 0.000000514. The second kappa shape index (κ2) is 25.6. The van der Waals surface area contributed by atoms with Gasteiger partial charge in [-0.15, -0.1) is 11.8 Å². The van der Waals surface area contributed by atoms with Crippen LogP contribution in [0.2, 0.25) is 5.02 Å². The van der Waals surface area contributed by atoms with Crippen molar-refractivity contribution in [3.63, 3.8) is 0 Å². The number of benzene rings is 4. The number of anilines is 2. The molecule has 10 nitrogen and oxygen atoms in total. The summed E-state index contributed by atoms with van der Waals surface area (Å²) in [5, 5.41) is 15.8. The molecular weight excluding hydrogens is 858 g/mol. The summed E-state index contributed by atoms with van der Waals surface area (Å²) in [5.41, 5.74) is 6.70. The minimum Gasteiger partial charge on any atom is -0.379 e. The first-order valence-corrected chi connectivity index (χ1v) is 25.2. The highest BCUT2D eigenvalue weighted by atomic mass is 35.5. The first-order chi connectivity index (χ1) is 30.9. The predicted molar refractivity (Wildman–Crippen MR) is 273 cm³/mol. The van der Waals surface area contributed by atoms with Gasteiger partial charge in [0.05, 0.1) is 4.92 Å². The molecular formula is C51H70ClN7O3S2. The largest absolute Gasteiger partial charge is 0.379 e. The van der Waals surface area contributed by atoms with Crippen molar-refractivity contribution in [3.05, 3.63) is 129 Å². The number of nitrogens with one attached hydrogen (secondary N) is 2. The lowest BCUT2D eigenvalue weighted by Gasteiger charge is -2.39. The van der Waals surface area contributed by atoms with Crippen LogP contribution in [-0.2, 0) is 0 Å². The highest BCUT2D eigenvalue weighted by molar-refractivity contribution is 7.99. The molecule has 64 heavy (non-hydrogen) atoms. The van der Waals surface area contributed by atoms with E-state index in [2.05, 4.69) is 76.4 Å². The maximum atomic E-state index is 13.0. The number of hydrogen-bond acceptors (Lipinski definition) is 10. The third-order valence-corrected chi connectivity index (χ3v) is 14.1. The van der Waals surface area contributed by atoms with Gasteiger partial charge in [-0.2, -0.15) is 0 Å². The summed E-state index contributed by atoms with van der Waals surface area (Å²) in [5.74, 6) is 0.520. The van der Waals surface area contributed by atoms with Gasteiger partial charge in [0.15, 0.2) is 0 Å². The van der Waals surface area contributed by atoms with Crippen molar-refractivity contribution >= 4 is 63.9 Å². The Labute approximate surface area is 396 Å². The summed E-state index contributed by atoms with van der Waals surface area (Å²) >= 11 is 8.95. The van der Waals surface area contributed by atoms with Crippen molar-refractivity contribution in [3.8, 4) is 0 Å². The van der Waals surface area contributed by atoms with Gasteiger partial charge >= 0.3 is 0 Å². The second-order valence-electron chi connectivity index (χ2n) is 17.4. The molecule has 0 aromatic heterocycles. The molecule has 346 valence electrons. The second-order valence-corrected chi connectivity index (χ2v) is 19.8. The van der Waals surface area contributed by atoms with Gasteiger partial charge in [-0.05, 0) is 129 Å². The highest BCUT2D eigenvalue weighted by Gasteiger charge is 2.29.